The molecular formula is C10H10N2O. The van der Waals surface area contributed by atoms with E-state index in [0.29, 0.717) is 5.71 Å². The van der Waals surface area contributed by atoms with Gasteiger partial charge in [0.25, 0.3) is 0 Å². The molecule has 0 aliphatic rings. The zero-order valence-electron chi connectivity index (χ0n) is 7.61. The van der Waals surface area contributed by atoms with Crippen molar-refractivity contribution in [2.45, 2.75) is 6.92 Å². The highest BCUT2D eigenvalue weighted by molar-refractivity contribution is 6.11. The summed E-state index contributed by atoms with van der Waals surface area (Å²) < 4.78 is 0. The number of hydrogen-bond donors (Lipinski definition) is 0. The Balaban J connectivity index is 3.01. The van der Waals surface area contributed by atoms with Crippen LogP contribution in [0.5, 0.6) is 0 Å². The van der Waals surface area contributed by atoms with E-state index in [4.69, 9.17) is 5.26 Å². The summed E-state index contributed by atoms with van der Waals surface area (Å²) in [5.41, 5.74) is 2.22. The minimum absolute atomic E-state index is 0.294. The van der Waals surface area contributed by atoms with E-state index in [9.17, 15) is 0 Å². The molecular weight excluding hydrogens is 164 g/mol. The lowest BCUT2D eigenvalue weighted by molar-refractivity contribution is 0.214. The number of hydrogen-bond acceptors (Lipinski definition) is 3. The summed E-state index contributed by atoms with van der Waals surface area (Å²) in [7, 11) is 1.42. The van der Waals surface area contributed by atoms with Crippen LogP contribution in [0.4, 0.5) is 0 Å². The Morgan fingerprint density at radius 3 is 2.46 bits per heavy atom. The van der Waals surface area contributed by atoms with Crippen molar-refractivity contribution in [1.82, 2.24) is 0 Å². The van der Waals surface area contributed by atoms with Crippen molar-refractivity contribution in [1.29, 1.82) is 5.26 Å². The van der Waals surface area contributed by atoms with Crippen LogP contribution < -0.4 is 0 Å². The summed E-state index contributed by atoms with van der Waals surface area (Å²) in [6.45, 7) is 1.99. The van der Waals surface area contributed by atoms with Crippen LogP contribution in [0.2, 0.25) is 0 Å². The van der Waals surface area contributed by atoms with E-state index in [-0.39, 0.29) is 0 Å². The Bertz CT molecular complexity index is 346. The van der Waals surface area contributed by atoms with Crippen molar-refractivity contribution in [3.63, 3.8) is 0 Å². The summed E-state index contributed by atoms with van der Waals surface area (Å²) in [5, 5.41) is 12.3. The van der Waals surface area contributed by atoms with Crippen molar-refractivity contribution in [2.24, 2.45) is 5.16 Å². The topological polar surface area (TPSA) is 45.4 Å². The van der Waals surface area contributed by atoms with Crippen LogP contribution in [-0.4, -0.2) is 12.8 Å². The van der Waals surface area contributed by atoms with Gasteiger partial charge in [0.1, 0.15) is 13.2 Å². The van der Waals surface area contributed by atoms with Gasteiger partial charge in [0.2, 0.25) is 0 Å². The molecule has 0 bridgehead atoms. The summed E-state index contributed by atoms with van der Waals surface area (Å²) in [4.78, 5) is 4.54. The zero-order chi connectivity index (χ0) is 9.68. The molecule has 1 aromatic rings. The molecule has 0 heterocycles. The molecule has 0 fully saturated rings. The number of oxime groups is 1. The van der Waals surface area contributed by atoms with Crippen LogP contribution in [-0.2, 0) is 4.84 Å². The lowest BCUT2D eigenvalue weighted by Crippen LogP contribution is -1.97. The predicted molar refractivity (Wildman–Crippen MR) is 50.3 cm³/mol. The van der Waals surface area contributed by atoms with Gasteiger partial charge in [0.15, 0.2) is 5.71 Å². The second-order valence-electron chi connectivity index (χ2n) is 2.60. The quantitative estimate of drug-likeness (QED) is 0.507. The Hall–Kier alpha value is -1.82. The first-order valence-electron chi connectivity index (χ1n) is 3.86. The molecule has 3 heteroatoms. The third-order valence-electron chi connectivity index (χ3n) is 1.61. The van der Waals surface area contributed by atoms with E-state index in [1.807, 2.05) is 37.3 Å². The fraction of sp³-hybridized carbons (Fsp3) is 0.200. The highest BCUT2D eigenvalue weighted by Crippen LogP contribution is 2.04. The van der Waals surface area contributed by atoms with Crippen LogP contribution in [0.1, 0.15) is 11.1 Å². The lowest BCUT2D eigenvalue weighted by Gasteiger charge is -1.97. The molecule has 0 saturated carbocycles. The van der Waals surface area contributed by atoms with Crippen LogP contribution >= 0.6 is 0 Å². The third kappa shape index (κ3) is 2.31. The van der Waals surface area contributed by atoms with Gasteiger partial charge in [-0.2, -0.15) is 5.26 Å². The maximum atomic E-state index is 8.72. The number of nitrogens with zero attached hydrogens (tertiary/aromatic N) is 2. The molecule has 0 aliphatic heterocycles. The van der Waals surface area contributed by atoms with Crippen LogP contribution in [0.25, 0.3) is 0 Å². The summed E-state index contributed by atoms with van der Waals surface area (Å²) in [6, 6.07) is 9.51. The molecule has 66 valence electrons. The second kappa shape index (κ2) is 4.27. The Labute approximate surface area is 77.2 Å². The van der Waals surface area contributed by atoms with Crippen LogP contribution in [0.3, 0.4) is 0 Å². The van der Waals surface area contributed by atoms with Gasteiger partial charge < -0.3 is 4.84 Å². The van der Waals surface area contributed by atoms with Gasteiger partial charge in [-0.25, -0.2) is 0 Å². The first kappa shape index (κ1) is 9.27. The summed E-state index contributed by atoms with van der Waals surface area (Å²) in [6.07, 6.45) is 0. The first-order valence-corrected chi connectivity index (χ1v) is 3.86. The van der Waals surface area contributed by atoms with Crippen molar-refractivity contribution < 1.29 is 4.84 Å². The van der Waals surface area contributed by atoms with Crippen molar-refractivity contribution in [3.05, 3.63) is 35.4 Å². The van der Waals surface area contributed by atoms with Crippen molar-refractivity contribution >= 4 is 5.71 Å². The largest absolute Gasteiger partial charge is 0.398 e. The van der Waals surface area contributed by atoms with Gasteiger partial charge in [0.05, 0.1) is 0 Å². The van der Waals surface area contributed by atoms with E-state index < -0.39 is 0 Å². The molecule has 0 N–H and O–H groups in total. The van der Waals surface area contributed by atoms with Gasteiger partial charge >= 0.3 is 0 Å². The van der Waals surface area contributed by atoms with E-state index in [2.05, 4.69) is 9.99 Å². The molecule has 0 aromatic heterocycles. The Morgan fingerprint density at radius 2 is 2.00 bits per heavy atom. The molecule has 1 aromatic carbocycles. The SMILES string of the molecule is CO/N=C(\C#N)c1ccc(C)cc1. The van der Waals surface area contributed by atoms with Gasteiger partial charge in [-0.05, 0) is 6.92 Å². The highest BCUT2D eigenvalue weighted by Gasteiger charge is 2.01. The molecule has 1 rings (SSSR count). The molecule has 0 atom stereocenters. The molecule has 0 unspecified atom stereocenters. The van der Waals surface area contributed by atoms with E-state index in [1.54, 1.807) is 0 Å². The van der Waals surface area contributed by atoms with Gasteiger partial charge in [-0.3, -0.25) is 0 Å². The van der Waals surface area contributed by atoms with E-state index in [0.717, 1.165) is 11.1 Å². The summed E-state index contributed by atoms with van der Waals surface area (Å²) >= 11 is 0. The molecule has 0 saturated heterocycles. The second-order valence-corrected chi connectivity index (χ2v) is 2.60. The van der Waals surface area contributed by atoms with Gasteiger partial charge in [-0.1, -0.05) is 35.0 Å². The van der Waals surface area contributed by atoms with Crippen molar-refractivity contribution in [3.8, 4) is 6.07 Å². The van der Waals surface area contributed by atoms with E-state index in [1.165, 1.54) is 7.11 Å². The lowest BCUT2D eigenvalue weighted by atomic mass is 10.1. The number of nitriles is 1. The predicted octanol–water partition coefficient (Wildman–Crippen LogP) is 1.87. The van der Waals surface area contributed by atoms with Gasteiger partial charge in [-0.15, -0.1) is 0 Å². The molecule has 3 nitrogen and oxygen atoms in total. The number of benzene rings is 1. The smallest absolute Gasteiger partial charge is 0.186 e. The number of rotatable bonds is 2. The van der Waals surface area contributed by atoms with Gasteiger partial charge in [0, 0.05) is 5.56 Å². The normalized spacial score (nSPS) is 10.7. The van der Waals surface area contributed by atoms with Crippen LogP contribution in [0.15, 0.2) is 29.4 Å². The van der Waals surface area contributed by atoms with Crippen LogP contribution in [0, 0.1) is 18.3 Å². The standard InChI is InChI=1S/C10H10N2O/c1-8-3-5-9(6-4-8)10(7-11)12-13-2/h3-6H,1-2H3/b12-10+. The monoisotopic (exact) mass is 174 g/mol. The average molecular weight is 174 g/mol. The first-order chi connectivity index (χ1) is 6.27. The molecule has 13 heavy (non-hydrogen) atoms. The minimum Gasteiger partial charge on any atom is -0.398 e. The third-order valence-corrected chi connectivity index (χ3v) is 1.61. The highest BCUT2D eigenvalue weighted by atomic mass is 16.6. The summed E-state index contributed by atoms with van der Waals surface area (Å²) in [5.74, 6) is 0. The Morgan fingerprint density at radius 1 is 1.38 bits per heavy atom. The number of aryl methyl sites for hydroxylation is 1. The average Bonchev–Trinajstić information content (AvgIpc) is 2.16. The van der Waals surface area contributed by atoms with Crippen molar-refractivity contribution in [2.75, 3.05) is 7.11 Å². The molecule has 0 spiro atoms. The maximum Gasteiger partial charge on any atom is 0.186 e. The molecule has 0 aliphatic carbocycles. The molecule has 0 amide bonds. The fourth-order valence-corrected chi connectivity index (χ4v) is 0.940. The minimum atomic E-state index is 0.294. The Kier molecular flexibility index (Phi) is 3.04. The van der Waals surface area contributed by atoms with E-state index >= 15 is 0 Å². The zero-order valence-corrected chi connectivity index (χ0v) is 7.61. The fourth-order valence-electron chi connectivity index (χ4n) is 0.940. The maximum absolute atomic E-state index is 8.72. The molecule has 0 radical (unpaired) electrons.